The van der Waals surface area contributed by atoms with Crippen molar-refractivity contribution in [2.24, 2.45) is 0 Å². The van der Waals surface area contributed by atoms with Crippen molar-refractivity contribution in [2.45, 2.75) is 25.7 Å². The summed E-state index contributed by atoms with van der Waals surface area (Å²) in [6.07, 6.45) is -4.54. The van der Waals surface area contributed by atoms with Gasteiger partial charge in [-0.3, -0.25) is 0 Å². The molecule has 2 amide bonds. The summed E-state index contributed by atoms with van der Waals surface area (Å²) in [5.74, 6) is 0.0911. The molecule has 1 aromatic rings. The van der Waals surface area contributed by atoms with Crippen molar-refractivity contribution in [3.05, 3.63) is 29.3 Å². The lowest BCUT2D eigenvalue weighted by atomic mass is 10.1. The molecule has 0 aliphatic carbocycles. The Morgan fingerprint density at radius 3 is 2.59 bits per heavy atom. The number of carbonyl (C=O) groups excluding carboxylic acids is 1. The van der Waals surface area contributed by atoms with E-state index in [9.17, 15) is 18.0 Å². The predicted octanol–water partition coefficient (Wildman–Crippen LogP) is 2.24. The van der Waals surface area contributed by atoms with Crippen molar-refractivity contribution >= 4 is 6.03 Å². The normalized spacial score (nSPS) is 12.7. The number of likely N-dealkylation sites (N-methyl/N-ethyl adjacent to an activating group) is 1. The summed E-state index contributed by atoms with van der Waals surface area (Å²) < 4.78 is 43.8. The number of urea groups is 1. The van der Waals surface area contributed by atoms with Crippen LogP contribution in [-0.2, 0) is 12.7 Å². The molecule has 22 heavy (non-hydrogen) atoms. The highest BCUT2D eigenvalue weighted by Crippen LogP contribution is 2.34. The van der Waals surface area contributed by atoms with Crippen molar-refractivity contribution in [1.82, 2.24) is 10.2 Å². The van der Waals surface area contributed by atoms with E-state index in [1.54, 1.807) is 6.92 Å². The molecule has 1 atom stereocenters. The Bertz CT molecular complexity index is 521. The number of nitrogens with zero attached hydrogens (tertiary/aromatic N) is 1. The van der Waals surface area contributed by atoms with Gasteiger partial charge in [-0.05, 0) is 24.6 Å². The Balaban J connectivity index is 2.88. The highest BCUT2D eigenvalue weighted by atomic mass is 19.4. The summed E-state index contributed by atoms with van der Waals surface area (Å²) >= 11 is 0. The van der Waals surface area contributed by atoms with Gasteiger partial charge in [0.05, 0.1) is 25.3 Å². The molecule has 1 unspecified atom stereocenters. The first kappa shape index (κ1) is 18.1. The minimum atomic E-state index is -4.54. The monoisotopic (exact) mass is 320 g/mol. The molecule has 0 saturated heterocycles. The minimum absolute atomic E-state index is 0.0632. The van der Waals surface area contributed by atoms with E-state index in [1.165, 1.54) is 31.2 Å². The number of hydrogen-bond donors (Lipinski definition) is 2. The lowest BCUT2D eigenvalue weighted by molar-refractivity contribution is -0.138. The fraction of sp³-hybridized carbons (Fsp3) is 0.500. The third kappa shape index (κ3) is 4.52. The van der Waals surface area contributed by atoms with Gasteiger partial charge in [-0.1, -0.05) is 6.07 Å². The van der Waals surface area contributed by atoms with Crippen molar-refractivity contribution in [1.29, 1.82) is 0 Å². The molecule has 1 aromatic carbocycles. The third-order valence-corrected chi connectivity index (χ3v) is 3.30. The zero-order valence-corrected chi connectivity index (χ0v) is 12.6. The van der Waals surface area contributed by atoms with E-state index in [-0.39, 0.29) is 24.5 Å². The Hall–Kier alpha value is -1.96. The summed E-state index contributed by atoms with van der Waals surface area (Å²) in [6, 6.07) is 2.55. The van der Waals surface area contributed by atoms with Gasteiger partial charge in [0, 0.05) is 13.6 Å². The van der Waals surface area contributed by atoms with Crippen molar-refractivity contribution in [3.63, 3.8) is 0 Å². The van der Waals surface area contributed by atoms with Gasteiger partial charge in [-0.2, -0.15) is 13.2 Å². The highest BCUT2D eigenvalue weighted by molar-refractivity contribution is 5.74. The predicted molar refractivity (Wildman–Crippen MR) is 74.5 cm³/mol. The Kier molecular flexibility index (Phi) is 6.04. The van der Waals surface area contributed by atoms with Crippen molar-refractivity contribution in [3.8, 4) is 5.75 Å². The summed E-state index contributed by atoms with van der Waals surface area (Å²) in [5, 5.41) is 11.4. The SMILES string of the molecule is COc1ccc(CNC(=O)N(C)C(C)CO)c(C(F)(F)F)c1. The van der Waals surface area contributed by atoms with Crippen LogP contribution < -0.4 is 10.1 Å². The van der Waals surface area contributed by atoms with Crippen LogP contribution in [0.25, 0.3) is 0 Å². The van der Waals surface area contributed by atoms with E-state index >= 15 is 0 Å². The van der Waals surface area contributed by atoms with E-state index in [4.69, 9.17) is 9.84 Å². The second-order valence-electron chi connectivity index (χ2n) is 4.82. The van der Waals surface area contributed by atoms with E-state index in [0.29, 0.717) is 0 Å². The number of aliphatic hydroxyl groups excluding tert-OH is 1. The number of alkyl halides is 3. The van der Waals surface area contributed by atoms with Crippen LogP contribution in [0.5, 0.6) is 5.75 Å². The maximum absolute atomic E-state index is 13.0. The average Bonchev–Trinajstić information content (AvgIpc) is 2.49. The maximum Gasteiger partial charge on any atom is 0.416 e. The van der Waals surface area contributed by atoms with Crippen molar-refractivity contribution in [2.75, 3.05) is 20.8 Å². The number of carbonyl (C=O) groups is 1. The van der Waals surface area contributed by atoms with Crippen LogP contribution >= 0.6 is 0 Å². The summed E-state index contributed by atoms with van der Waals surface area (Å²) in [6.45, 7) is 1.11. The van der Waals surface area contributed by atoms with Gasteiger partial charge >= 0.3 is 12.2 Å². The fourth-order valence-electron chi connectivity index (χ4n) is 1.72. The number of aliphatic hydroxyl groups is 1. The maximum atomic E-state index is 13.0. The smallest absolute Gasteiger partial charge is 0.416 e. The lowest BCUT2D eigenvalue weighted by Gasteiger charge is -2.24. The Morgan fingerprint density at radius 2 is 2.09 bits per heavy atom. The van der Waals surface area contributed by atoms with Gasteiger partial charge in [-0.15, -0.1) is 0 Å². The van der Waals surface area contributed by atoms with Crippen LogP contribution in [0.1, 0.15) is 18.1 Å². The molecule has 0 heterocycles. The molecule has 0 fully saturated rings. The Morgan fingerprint density at radius 1 is 1.45 bits per heavy atom. The second kappa shape index (κ2) is 7.35. The average molecular weight is 320 g/mol. The van der Waals surface area contributed by atoms with Crippen LogP contribution in [0.3, 0.4) is 0 Å². The number of amides is 2. The molecule has 5 nitrogen and oxygen atoms in total. The number of hydrogen-bond acceptors (Lipinski definition) is 3. The van der Waals surface area contributed by atoms with Crippen LogP contribution in [0, 0.1) is 0 Å². The molecule has 0 saturated carbocycles. The third-order valence-electron chi connectivity index (χ3n) is 3.30. The number of ether oxygens (including phenoxy) is 1. The van der Waals surface area contributed by atoms with Crippen molar-refractivity contribution < 1.29 is 27.8 Å². The van der Waals surface area contributed by atoms with Gasteiger partial charge in [0.2, 0.25) is 0 Å². The number of rotatable bonds is 5. The minimum Gasteiger partial charge on any atom is -0.497 e. The topological polar surface area (TPSA) is 61.8 Å². The molecule has 0 aromatic heterocycles. The molecule has 0 aliphatic heterocycles. The number of methoxy groups -OCH3 is 1. The van der Waals surface area contributed by atoms with E-state index in [1.807, 2.05) is 0 Å². The van der Waals surface area contributed by atoms with Crippen LogP contribution in [-0.4, -0.2) is 42.8 Å². The zero-order valence-electron chi connectivity index (χ0n) is 12.6. The van der Waals surface area contributed by atoms with E-state index in [2.05, 4.69) is 5.32 Å². The standard InChI is InChI=1S/C14H19F3N2O3/c1-9(8-20)19(2)13(21)18-7-10-4-5-11(22-3)6-12(10)14(15,16)17/h4-6,9,20H,7-8H2,1-3H3,(H,18,21). The Labute approximate surface area is 126 Å². The summed E-state index contributed by atoms with van der Waals surface area (Å²) in [4.78, 5) is 13.0. The number of nitrogens with one attached hydrogen (secondary N) is 1. The molecule has 2 N–H and O–H groups in total. The first-order chi connectivity index (χ1) is 10.2. The van der Waals surface area contributed by atoms with Gasteiger partial charge in [-0.25, -0.2) is 4.79 Å². The summed E-state index contributed by atoms with van der Waals surface area (Å²) in [7, 11) is 2.73. The molecule has 0 spiro atoms. The van der Waals surface area contributed by atoms with Crippen LogP contribution in [0.4, 0.5) is 18.0 Å². The molecule has 8 heteroatoms. The molecular weight excluding hydrogens is 301 g/mol. The number of benzene rings is 1. The van der Waals surface area contributed by atoms with Crippen LogP contribution in [0.15, 0.2) is 18.2 Å². The van der Waals surface area contributed by atoms with Gasteiger partial charge in [0.25, 0.3) is 0 Å². The van der Waals surface area contributed by atoms with Gasteiger partial charge in [0.1, 0.15) is 5.75 Å². The molecule has 0 bridgehead atoms. The largest absolute Gasteiger partial charge is 0.497 e. The first-order valence-electron chi connectivity index (χ1n) is 6.56. The second-order valence-corrected chi connectivity index (χ2v) is 4.82. The molecule has 124 valence electrons. The molecule has 0 radical (unpaired) electrons. The zero-order chi connectivity index (χ0) is 16.9. The molecule has 0 aliphatic rings. The lowest BCUT2D eigenvalue weighted by Crippen LogP contribution is -2.43. The molecule has 1 rings (SSSR count). The fourth-order valence-corrected chi connectivity index (χ4v) is 1.72. The quantitative estimate of drug-likeness (QED) is 0.874. The number of halogens is 3. The summed E-state index contributed by atoms with van der Waals surface area (Å²) in [5.41, 5.74) is -0.920. The molecular formula is C14H19F3N2O3. The first-order valence-corrected chi connectivity index (χ1v) is 6.56. The van der Waals surface area contributed by atoms with E-state index in [0.717, 1.165) is 6.07 Å². The van der Waals surface area contributed by atoms with E-state index < -0.39 is 23.8 Å². The van der Waals surface area contributed by atoms with Crippen LogP contribution in [0.2, 0.25) is 0 Å². The highest BCUT2D eigenvalue weighted by Gasteiger charge is 2.33. The van der Waals surface area contributed by atoms with Gasteiger partial charge < -0.3 is 20.1 Å². The van der Waals surface area contributed by atoms with Gasteiger partial charge in [0.15, 0.2) is 0 Å².